The van der Waals surface area contributed by atoms with Gasteiger partial charge in [-0.1, -0.05) is 172 Å². The summed E-state index contributed by atoms with van der Waals surface area (Å²) in [4.78, 5) is 34.9. The second-order valence-corrected chi connectivity index (χ2v) is 17.1. The maximum atomic E-state index is 12.6. The molecule has 0 spiro atoms. The predicted octanol–water partition coefficient (Wildman–Crippen LogP) is 13.7. The molecule has 0 aromatic carbocycles. The molecule has 0 bridgehead atoms. The molecule has 0 saturated heterocycles. The van der Waals surface area contributed by atoms with Crippen molar-refractivity contribution >= 4 is 19.8 Å². The monoisotopic (exact) mass is 826 g/mol. The zero-order chi connectivity index (χ0) is 41.8. The number of carbonyl (C=O) groups is 2. The summed E-state index contributed by atoms with van der Waals surface area (Å²) >= 11 is 0. The number of allylic oxidation sites excluding steroid dienone is 6. The second-order valence-electron chi connectivity index (χ2n) is 15.6. The van der Waals surface area contributed by atoms with Crippen LogP contribution in [0.5, 0.6) is 0 Å². The van der Waals surface area contributed by atoms with E-state index < -0.39 is 26.5 Å². The Morgan fingerprint density at radius 3 is 1.39 bits per heavy atom. The van der Waals surface area contributed by atoms with Crippen LogP contribution in [0, 0.1) is 0 Å². The molecule has 0 rings (SSSR count). The SMILES string of the molecule is CCCCC/C=C\C/C=C\CCCCCCCCCC(=O)O[C@H](COC(=O)CCCCCCCCCCC/C=C\CCCCCCCC)COP(=O)(O)OCCN. The summed E-state index contributed by atoms with van der Waals surface area (Å²) < 4.78 is 32.8. The molecule has 0 radical (unpaired) electrons. The van der Waals surface area contributed by atoms with Gasteiger partial charge in [-0.25, -0.2) is 4.57 Å². The van der Waals surface area contributed by atoms with E-state index >= 15 is 0 Å². The van der Waals surface area contributed by atoms with Crippen LogP contribution in [0.4, 0.5) is 0 Å². The number of phosphoric acid groups is 1. The summed E-state index contributed by atoms with van der Waals surface area (Å²) in [5, 5.41) is 0. The molecule has 2 atom stereocenters. The van der Waals surface area contributed by atoms with E-state index in [9.17, 15) is 19.0 Å². The number of hydrogen-bond acceptors (Lipinski definition) is 8. The van der Waals surface area contributed by atoms with Gasteiger partial charge in [-0.15, -0.1) is 0 Å². The van der Waals surface area contributed by atoms with E-state index in [2.05, 4.69) is 50.3 Å². The van der Waals surface area contributed by atoms with Crippen LogP contribution in [0.1, 0.15) is 219 Å². The molecule has 0 aliphatic carbocycles. The largest absolute Gasteiger partial charge is 0.472 e. The molecule has 1 unspecified atom stereocenters. The molecule has 57 heavy (non-hydrogen) atoms. The third-order valence-corrected chi connectivity index (χ3v) is 11.0. The number of esters is 2. The van der Waals surface area contributed by atoms with Crippen molar-refractivity contribution in [3.8, 4) is 0 Å². The van der Waals surface area contributed by atoms with Gasteiger partial charge in [0.2, 0.25) is 0 Å². The van der Waals surface area contributed by atoms with Crippen LogP contribution in [0.15, 0.2) is 36.5 Å². The minimum absolute atomic E-state index is 0.0517. The number of carbonyl (C=O) groups excluding carboxylic acids is 2. The standard InChI is InChI=1S/C47H88NO8P/c1-3-5-7-9-11-13-15-17-19-21-22-24-25-27-29-31-33-35-37-39-46(49)53-43-45(44-55-57(51,52)54-42-41-48)56-47(50)40-38-36-34-32-30-28-26-23-20-18-16-14-12-10-8-6-4-2/h12,14,17-20,45H,3-11,13,15-16,21-44,48H2,1-2H3,(H,51,52)/b14-12-,19-17-,20-18-/t45-/m1/s1. The number of hydrogen-bond donors (Lipinski definition) is 2. The van der Waals surface area contributed by atoms with Gasteiger partial charge in [-0.3, -0.25) is 18.6 Å². The van der Waals surface area contributed by atoms with Gasteiger partial charge in [0, 0.05) is 19.4 Å². The highest BCUT2D eigenvalue weighted by molar-refractivity contribution is 7.47. The Hall–Kier alpha value is -1.77. The Morgan fingerprint density at radius 2 is 0.912 bits per heavy atom. The zero-order valence-electron chi connectivity index (χ0n) is 36.8. The summed E-state index contributed by atoms with van der Waals surface area (Å²) in [5.41, 5.74) is 5.35. The van der Waals surface area contributed by atoms with Crippen LogP contribution < -0.4 is 5.73 Å². The Kier molecular flexibility index (Phi) is 42.4. The second kappa shape index (κ2) is 43.8. The van der Waals surface area contributed by atoms with Crippen molar-refractivity contribution < 1.29 is 37.6 Å². The molecule has 0 aromatic heterocycles. The molecule has 334 valence electrons. The van der Waals surface area contributed by atoms with E-state index in [1.807, 2.05) is 0 Å². The maximum absolute atomic E-state index is 12.6. The third-order valence-electron chi connectivity index (χ3n) is 10.00. The molecule has 10 heteroatoms. The van der Waals surface area contributed by atoms with Crippen molar-refractivity contribution in [3.63, 3.8) is 0 Å². The average Bonchev–Trinajstić information content (AvgIpc) is 3.20. The lowest BCUT2D eigenvalue weighted by atomic mass is 10.1. The van der Waals surface area contributed by atoms with Gasteiger partial charge in [-0.05, 0) is 70.6 Å². The Bertz CT molecular complexity index is 1030. The minimum Gasteiger partial charge on any atom is -0.462 e. The van der Waals surface area contributed by atoms with E-state index in [4.69, 9.17) is 24.3 Å². The van der Waals surface area contributed by atoms with Crippen molar-refractivity contribution in [2.24, 2.45) is 5.73 Å². The molecule has 0 saturated carbocycles. The minimum atomic E-state index is -4.38. The zero-order valence-corrected chi connectivity index (χ0v) is 37.7. The summed E-state index contributed by atoms with van der Waals surface area (Å²) in [6.07, 6.45) is 48.8. The quantitative estimate of drug-likeness (QED) is 0.0266. The number of ether oxygens (including phenoxy) is 2. The average molecular weight is 826 g/mol. The van der Waals surface area contributed by atoms with Crippen molar-refractivity contribution in [3.05, 3.63) is 36.5 Å². The summed E-state index contributed by atoms with van der Waals surface area (Å²) in [6.45, 7) is 3.71. The molecule has 0 aliphatic heterocycles. The van der Waals surface area contributed by atoms with E-state index in [0.29, 0.717) is 6.42 Å². The first-order valence-corrected chi connectivity index (χ1v) is 25.0. The van der Waals surface area contributed by atoms with E-state index in [1.165, 1.54) is 135 Å². The summed E-state index contributed by atoms with van der Waals surface area (Å²) in [7, 11) is -4.38. The molecule has 0 aromatic rings. The van der Waals surface area contributed by atoms with E-state index in [1.54, 1.807) is 0 Å². The molecular weight excluding hydrogens is 737 g/mol. The van der Waals surface area contributed by atoms with Gasteiger partial charge >= 0.3 is 19.8 Å². The highest BCUT2D eigenvalue weighted by atomic mass is 31.2. The topological polar surface area (TPSA) is 134 Å². The van der Waals surface area contributed by atoms with Crippen LogP contribution in [0.2, 0.25) is 0 Å². The van der Waals surface area contributed by atoms with Crippen LogP contribution in [0.25, 0.3) is 0 Å². The lowest BCUT2D eigenvalue weighted by Gasteiger charge is -2.19. The number of rotatable bonds is 44. The number of phosphoric ester groups is 1. The molecule has 0 aliphatic rings. The summed E-state index contributed by atoms with van der Waals surface area (Å²) in [5.74, 6) is -0.835. The highest BCUT2D eigenvalue weighted by Gasteiger charge is 2.26. The molecule has 0 fully saturated rings. The van der Waals surface area contributed by atoms with Crippen molar-refractivity contribution in [1.29, 1.82) is 0 Å². The first kappa shape index (κ1) is 55.2. The molecule has 0 heterocycles. The fourth-order valence-corrected chi connectivity index (χ4v) is 7.25. The van der Waals surface area contributed by atoms with Crippen molar-refractivity contribution in [2.75, 3.05) is 26.4 Å². The van der Waals surface area contributed by atoms with Gasteiger partial charge in [-0.2, -0.15) is 0 Å². The smallest absolute Gasteiger partial charge is 0.462 e. The normalized spacial score (nSPS) is 13.5. The van der Waals surface area contributed by atoms with Crippen molar-refractivity contribution in [2.45, 2.75) is 225 Å². The fourth-order valence-electron chi connectivity index (χ4n) is 6.48. The highest BCUT2D eigenvalue weighted by Crippen LogP contribution is 2.43. The van der Waals surface area contributed by atoms with Gasteiger partial charge in [0.1, 0.15) is 6.61 Å². The Labute approximate surface area is 350 Å². The Balaban J connectivity index is 4.10. The third kappa shape index (κ3) is 43.6. The van der Waals surface area contributed by atoms with Crippen LogP contribution in [0.3, 0.4) is 0 Å². The molecule has 9 nitrogen and oxygen atoms in total. The first-order valence-electron chi connectivity index (χ1n) is 23.5. The van der Waals surface area contributed by atoms with Crippen molar-refractivity contribution in [1.82, 2.24) is 0 Å². The molecule has 3 N–H and O–H groups in total. The molecular formula is C47H88NO8P. The number of unbranched alkanes of at least 4 members (excludes halogenated alkanes) is 25. The number of nitrogens with two attached hydrogens (primary N) is 1. The van der Waals surface area contributed by atoms with Gasteiger partial charge in [0.05, 0.1) is 13.2 Å². The fraction of sp³-hybridized carbons (Fsp3) is 0.830. The van der Waals surface area contributed by atoms with Crippen LogP contribution in [-0.4, -0.2) is 49.3 Å². The van der Waals surface area contributed by atoms with E-state index in [0.717, 1.165) is 51.4 Å². The summed E-state index contributed by atoms with van der Waals surface area (Å²) in [6, 6.07) is 0. The first-order chi connectivity index (χ1) is 27.8. The van der Waals surface area contributed by atoms with Gasteiger partial charge < -0.3 is 20.1 Å². The Morgan fingerprint density at radius 1 is 0.526 bits per heavy atom. The van der Waals surface area contributed by atoms with Crippen LogP contribution in [-0.2, 0) is 32.7 Å². The van der Waals surface area contributed by atoms with Gasteiger partial charge in [0.25, 0.3) is 0 Å². The maximum Gasteiger partial charge on any atom is 0.472 e. The van der Waals surface area contributed by atoms with Gasteiger partial charge in [0.15, 0.2) is 6.10 Å². The van der Waals surface area contributed by atoms with E-state index in [-0.39, 0.29) is 38.6 Å². The molecule has 0 amide bonds. The van der Waals surface area contributed by atoms with Crippen LogP contribution >= 0.6 is 7.82 Å². The lowest BCUT2D eigenvalue weighted by Crippen LogP contribution is -2.29. The predicted molar refractivity (Wildman–Crippen MR) is 238 cm³/mol. The lowest BCUT2D eigenvalue weighted by molar-refractivity contribution is -0.161.